The number of likely N-dealkylation sites (N-methyl/N-ethyl adjacent to an activating group) is 1. The van der Waals surface area contributed by atoms with E-state index in [2.05, 4.69) is 6.07 Å². The maximum Gasteiger partial charge on any atom is 0.243 e. The molecule has 0 aliphatic carbocycles. The Labute approximate surface area is 102 Å². The van der Waals surface area contributed by atoms with Crippen LogP contribution in [0.3, 0.4) is 0 Å². The van der Waals surface area contributed by atoms with Crippen molar-refractivity contribution in [3.05, 3.63) is 35.9 Å². The number of carbonyl (C=O) groups excluding carboxylic acids is 1. The highest BCUT2D eigenvalue weighted by Gasteiger charge is 2.20. The summed E-state index contributed by atoms with van der Waals surface area (Å²) in [6.45, 7) is 2.17. The molecule has 0 aliphatic heterocycles. The van der Waals surface area contributed by atoms with Crippen LogP contribution in [0.25, 0.3) is 0 Å². The Balaban J connectivity index is 2.68. The lowest BCUT2D eigenvalue weighted by atomic mass is 10.1. The monoisotopic (exact) mass is 231 g/mol. The summed E-state index contributed by atoms with van der Waals surface area (Å²) < 4.78 is 0. The van der Waals surface area contributed by atoms with Crippen LogP contribution in [0.2, 0.25) is 0 Å². The number of nitrogens with two attached hydrogens (primary N) is 1. The average Bonchev–Trinajstić information content (AvgIpc) is 2.37. The van der Waals surface area contributed by atoms with E-state index in [1.807, 2.05) is 30.3 Å². The van der Waals surface area contributed by atoms with Gasteiger partial charge in [-0.25, -0.2) is 0 Å². The molecule has 4 nitrogen and oxygen atoms in total. The predicted octanol–water partition coefficient (Wildman–Crippen LogP) is 1.30. The molecule has 1 aromatic carbocycles. The average molecular weight is 231 g/mol. The highest BCUT2D eigenvalue weighted by molar-refractivity contribution is 5.82. The fourth-order valence-corrected chi connectivity index (χ4v) is 1.58. The normalized spacial score (nSPS) is 13.5. The van der Waals surface area contributed by atoms with Gasteiger partial charge in [-0.15, -0.1) is 0 Å². The standard InChI is InChI=1S/C13H17N3O/c1-10(8-14)9-16(2)13(17)12(15)11-6-4-3-5-7-11/h3-7,10,12H,9,15H2,1-2H3/t10?,12-/m0/s1. The molecule has 90 valence electrons. The van der Waals surface area contributed by atoms with E-state index in [0.29, 0.717) is 6.54 Å². The molecule has 1 amide bonds. The summed E-state index contributed by atoms with van der Waals surface area (Å²) in [5.74, 6) is -0.356. The maximum absolute atomic E-state index is 12.0. The van der Waals surface area contributed by atoms with Crippen molar-refractivity contribution in [2.45, 2.75) is 13.0 Å². The van der Waals surface area contributed by atoms with Crippen molar-refractivity contribution >= 4 is 5.91 Å². The Morgan fingerprint density at radius 1 is 1.47 bits per heavy atom. The van der Waals surface area contributed by atoms with E-state index >= 15 is 0 Å². The van der Waals surface area contributed by atoms with Gasteiger partial charge in [0.2, 0.25) is 5.91 Å². The van der Waals surface area contributed by atoms with Crippen molar-refractivity contribution in [2.75, 3.05) is 13.6 Å². The molecule has 0 heterocycles. The second kappa shape index (κ2) is 6.02. The smallest absolute Gasteiger partial charge is 0.243 e. The molecular formula is C13H17N3O. The molecule has 17 heavy (non-hydrogen) atoms. The van der Waals surface area contributed by atoms with E-state index in [1.165, 1.54) is 4.90 Å². The molecule has 2 N–H and O–H groups in total. The van der Waals surface area contributed by atoms with E-state index in [0.717, 1.165) is 5.56 Å². The zero-order valence-electron chi connectivity index (χ0n) is 10.1. The molecule has 2 atom stereocenters. The molecule has 0 aromatic heterocycles. The molecule has 1 unspecified atom stereocenters. The lowest BCUT2D eigenvalue weighted by Crippen LogP contribution is -2.38. The van der Waals surface area contributed by atoms with Gasteiger partial charge in [-0.05, 0) is 12.5 Å². The van der Waals surface area contributed by atoms with Crippen molar-refractivity contribution < 1.29 is 4.79 Å². The van der Waals surface area contributed by atoms with Crippen LogP contribution >= 0.6 is 0 Å². The van der Waals surface area contributed by atoms with Crippen molar-refractivity contribution in [2.24, 2.45) is 11.7 Å². The first-order valence-electron chi connectivity index (χ1n) is 5.51. The molecule has 4 heteroatoms. The largest absolute Gasteiger partial charge is 0.343 e. The Bertz CT molecular complexity index is 410. The number of nitriles is 1. The Hall–Kier alpha value is -1.86. The number of hydrogen-bond acceptors (Lipinski definition) is 3. The summed E-state index contributed by atoms with van der Waals surface area (Å²) in [5.41, 5.74) is 6.67. The fourth-order valence-electron chi connectivity index (χ4n) is 1.58. The topological polar surface area (TPSA) is 70.1 Å². The lowest BCUT2D eigenvalue weighted by Gasteiger charge is -2.22. The van der Waals surface area contributed by atoms with Crippen LogP contribution in [0, 0.1) is 17.2 Å². The summed E-state index contributed by atoms with van der Waals surface area (Å²) in [4.78, 5) is 13.5. The van der Waals surface area contributed by atoms with Gasteiger partial charge in [-0.3, -0.25) is 4.79 Å². The van der Waals surface area contributed by atoms with Gasteiger partial charge in [0.05, 0.1) is 12.0 Å². The summed E-state index contributed by atoms with van der Waals surface area (Å²) >= 11 is 0. The van der Waals surface area contributed by atoms with Crippen molar-refractivity contribution in [1.29, 1.82) is 5.26 Å². The van der Waals surface area contributed by atoms with E-state index < -0.39 is 6.04 Å². The van der Waals surface area contributed by atoms with Gasteiger partial charge in [0.1, 0.15) is 6.04 Å². The fraction of sp³-hybridized carbons (Fsp3) is 0.385. The van der Waals surface area contributed by atoms with E-state index in [1.54, 1.807) is 14.0 Å². The third-order valence-electron chi connectivity index (χ3n) is 2.57. The van der Waals surface area contributed by atoms with Gasteiger partial charge >= 0.3 is 0 Å². The van der Waals surface area contributed by atoms with Crippen LogP contribution in [-0.4, -0.2) is 24.4 Å². The van der Waals surface area contributed by atoms with Crippen LogP contribution in [0.4, 0.5) is 0 Å². The van der Waals surface area contributed by atoms with E-state index in [-0.39, 0.29) is 11.8 Å². The quantitative estimate of drug-likeness (QED) is 0.849. The minimum Gasteiger partial charge on any atom is -0.343 e. The van der Waals surface area contributed by atoms with Gasteiger partial charge < -0.3 is 10.6 Å². The van der Waals surface area contributed by atoms with Crippen molar-refractivity contribution in [3.8, 4) is 6.07 Å². The van der Waals surface area contributed by atoms with Crippen LogP contribution in [0.1, 0.15) is 18.5 Å². The minimum absolute atomic E-state index is 0.168. The van der Waals surface area contributed by atoms with E-state index in [9.17, 15) is 4.79 Å². The second-order valence-electron chi connectivity index (χ2n) is 4.14. The van der Waals surface area contributed by atoms with Gasteiger partial charge in [0.25, 0.3) is 0 Å². The Morgan fingerprint density at radius 3 is 2.59 bits per heavy atom. The van der Waals surface area contributed by atoms with Gasteiger partial charge in [-0.2, -0.15) is 5.26 Å². The number of nitrogens with zero attached hydrogens (tertiary/aromatic N) is 2. The number of carbonyl (C=O) groups is 1. The third kappa shape index (κ3) is 3.58. The zero-order valence-corrected chi connectivity index (χ0v) is 10.1. The summed E-state index contributed by atoms with van der Waals surface area (Å²) in [6.07, 6.45) is 0. The first kappa shape index (κ1) is 13.2. The van der Waals surface area contributed by atoms with Crippen molar-refractivity contribution in [1.82, 2.24) is 4.90 Å². The van der Waals surface area contributed by atoms with Gasteiger partial charge in [-0.1, -0.05) is 30.3 Å². The highest BCUT2D eigenvalue weighted by atomic mass is 16.2. The number of hydrogen-bond donors (Lipinski definition) is 1. The van der Waals surface area contributed by atoms with E-state index in [4.69, 9.17) is 11.0 Å². The molecule has 0 fully saturated rings. The Morgan fingerprint density at radius 2 is 2.06 bits per heavy atom. The molecule has 0 radical (unpaired) electrons. The number of rotatable bonds is 4. The Kier molecular flexibility index (Phi) is 4.68. The second-order valence-corrected chi connectivity index (χ2v) is 4.14. The zero-order chi connectivity index (χ0) is 12.8. The van der Waals surface area contributed by atoms with Crippen LogP contribution < -0.4 is 5.73 Å². The molecule has 0 aliphatic rings. The van der Waals surface area contributed by atoms with Gasteiger partial charge in [0.15, 0.2) is 0 Å². The molecule has 1 rings (SSSR count). The van der Waals surface area contributed by atoms with Crippen molar-refractivity contribution in [3.63, 3.8) is 0 Å². The third-order valence-corrected chi connectivity index (χ3v) is 2.57. The summed E-state index contributed by atoms with van der Waals surface area (Å²) in [7, 11) is 1.67. The predicted molar refractivity (Wildman–Crippen MR) is 65.8 cm³/mol. The minimum atomic E-state index is -0.660. The summed E-state index contributed by atoms with van der Waals surface area (Å²) in [6, 6.07) is 10.7. The van der Waals surface area contributed by atoms with Crippen LogP contribution in [0.5, 0.6) is 0 Å². The molecule has 0 saturated carbocycles. The molecule has 1 aromatic rings. The lowest BCUT2D eigenvalue weighted by molar-refractivity contribution is -0.131. The highest BCUT2D eigenvalue weighted by Crippen LogP contribution is 2.12. The molecule has 0 bridgehead atoms. The first-order valence-corrected chi connectivity index (χ1v) is 5.51. The van der Waals surface area contributed by atoms with Crippen LogP contribution in [0.15, 0.2) is 30.3 Å². The van der Waals surface area contributed by atoms with Crippen LogP contribution in [-0.2, 0) is 4.79 Å². The number of amides is 1. The molecular weight excluding hydrogens is 214 g/mol. The number of benzene rings is 1. The first-order chi connectivity index (χ1) is 8.06. The maximum atomic E-state index is 12.0. The molecule has 0 saturated heterocycles. The summed E-state index contributed by atoms with van der Waals surface area (Å²) in [5, 5.41) is 8.70. The SMILES string of the molecule is CC(C#N)CN(C)C(=O)[C@@H](N)c1ccccc1. The molecule has 0 spiro atoms. The van der Waals surface area contributed by atoms with Gasteiger partial charge in [0, 0.05) is 13.6 Å².